The van der Waals surface area contributed by atoms with Crippen LogP contribution in [0.4, 0.5) is 4.79 Å². The Hall–Kier alpha value is -2.53. The zero-order chi connectivity index (χ0) is 19.3. The van der Waals surface area contributed by atoms with Crippen LogP contribution in [-0.2, 0) is 23.8 Å². The van der Waals surface area contributed by atoms with Gasteiger partial charge >= 0.3 is 6.09 Å². The van der Waals surface area contributed by atoms with E-state index in [1.807, 2.05) is 53.4 Å². The number of aromatic nitrogens is 2. The number of carbonyl (C=O) groups is 1. The molecule has 1 saturated heterocycles. The molecule has 1 aliphatic heterocycles. The van der Waals surface area contributed by atoms with Gasteiger partial charge in [-0.3, -0.25) is 0 Å². The average molecular weight is 398 g/mol. The summed E-state index contributed by atoms with van der Waals surface area (Å²) in [6, 6.07) is 17.9. The highest BCUT2D eigenvalue weighted by Crippen LogP contribution is 2.24. The minimum atomic E-state index is -0.235. The molecule has 146 valence electrons. The standard InChI is InChI=1S/C22H24ClN3O2/c23-13-21-24-19-10-4-5-11-20(19)26(21)15-18-9-6-12-25(14-18)22(27)28-16-17-7-2-1-3-8-17/h1-5,7-8,10-11,18H,6,9,12-16H2/t18-/m0/s1. The van der Waals surface area contributed by atoms with E-state index in [2.05, 4.69) is 15.6 Å². The fourth-order valence-electron chi connectivity index (χ4n) is 3.88. The molecule has 1 amide bonds. The topological polar surface area (TPSA) is 47.4 Å². The fraction of sp³-hybridized carbons (Fsp3) is 0.364. The maximum absolute atomic E-state index is 12.5. The monoisotopic (exact) mass is 397 g/mol. The number of hydrogen-bond donors (Lipinski definition) is 0. The Morgan fingerprint density at radius 2 is 1.93 bits per heavy atom. The van der Waals surface area contributed by atoms with Crippen LogP contribution in [0.15, 0.2) is 54.6 Å². The molecule has 2 heterocycles. The summed E-state index contributed by atoms with van der Waals surface area (Å²) in [5.74, 6) is 1.62. The molecule has 0 saturated carbocycles. The molecular formula is C22H24ClN3O2. The molecule has 1 aliphatic rings. The normalized spacial score (nSPS) is 17.0. The summed E-state index contributed by atoms with van der Waals surface area (Å²) in [5.41, 5.74) is 3.07. The highest BCUT2D eigenvalue weighted by Gasteiger charge is 2.26. The lowest BCUT2D eigenvalue weighted by Crippen LogP contribution is -2.41. The minimum Gasteiger partial charge on any atom is -0.445 e. The molecule has 5 nitrogen and oxygen atoms in total. The molecule has 0 aliphatic carbocycles. The number of alkyl halides is 1. The van der Waals surface area contributed by atoms with Crippen LogP contribution in [0.3, 0.4) is 0 Å². The summed E-state index contributed by atoms with van der Waals surface area (Å²) in [4.78, 5) is 19.0. The second-order valence-corrected chi connectivity index (χ2v) is 7.52. The van der Waals surface area contributed by atoms with Crippen molar-refractivity contribution in [3.63, 3.8) is 0 Å². The first-order chi connectivity index (χ1) is 13.7. The van der Waals surface area contributed by atoms with E-state index in [9.17, 15) is 4.79 Å². The number of nitrogens with zero attached hydrogens (tertiary/aromatic N) is 3. The van der Waals surface area contributed by atoms with Crippen LogP contribution in [0, 0.1) is 5.92 Å². The van der Waals surface area contributed by atoms with E-state index < -0.39 is 0 Å². The molecule has 0 bridgehead atoms. The summed E-state index contributed by atoms with van der Waals surface area (Å²) in [7, 11) is 0. The highest BCUT2D eigenvalue weighted by atomic mass is 35.5. The Kier molecular flexibility index (Phi) is 5.81. The van der Waals surface area contributed by atoms with Crippen molar-refractivity contribution in [2.24, 2.45) is 5.92 Å². The van der Waals surface area contributed by atoms with Crippen molar-refractivity contribution in [2.45, 2.75) is 31.9 Å². The van der Waals surface area contributed by atoms with Crippen molar-refractivity contribution < 1.29 is 9.53 Å². The molecule has 0 spiro atoms. The van der Waals surface area contributed by atoms with Gasteiger partial charge in [-0.25, -0.2) is 9.78 Å². The lowest BCUT2D eigenvalue weighted by atomic mass is 9.98. The number of benzene rings is 2. The predicted molar refractivity (Wildman–Crippen MR) is 110 cm³/mol. The van der Waals surface area contributed by atoms with E-state index in [0.29, 0.717) is 24.9 Å². The van der Waals surface area contributed by atoms with E-state index in [0.717, 1.165) is 48.4 Å². The zero-order valence-electron chi connectivity index (χ0n) is 15.8. The van der Waals surface area contributed by atoms with Crippen LogP contribution in [0.2, 0.25) is 0 Å². The van der Waals surface area contributed by atoms with Crippen molar-refractivity contribution in [1.82, 2.24) is 14.5 Å². The van der Waals surface area contributed by atoms with E-state index in [1.165, 1.54) is 0 Å². The molecule has 0 N–H and O–H groups in total. The number of amides is 1. The third kappa shape index (κ3) is 4.14. The second-order valence-electron chi connectivity index (χ2n) is 7.26. The lowest BCUT2D eigenvalue weighted by molar-refractivity contribution is 0.0769. The van der Waals surface area contributed by atoms with Gasteiger partial charge in [0.05, 0.1) is 16.9 Å². The van der Waals surface area contributed by atoms with Crippen LogP contribution < -0.4 is 0 Å². The summed E-state index contributed by atoms with van der Waals surface area (Å²) in [6.45, 7) is 2.56. The molecule has 4 rings (SSSR count). The SMILES string of the molecule is O=C(OCc1ccccc1)N1CCC[C@H](Cn2c(CCl)nc3ccccc32)C1. The van der Waals surface area contributed by atoms with Gasteiger partial charge in [-0.05, 0) is 36.5 Å². The molecule has 0 unspecified atom stereocenters. The highest BCUT2D eigenvalue weighted by molar-refractivity contribution is 6.16. The second kappa shape index (κ2) is 8.65. The molecule has 1 atom stereocenters. The summed E-state index contributed by atoms with van der Waals surface area (Å²) < 4.78 is 7.71. The average Bonchev–Trinajstić information content (AvgIpc) is 3.10. The van der Waals surface area contributed by atoms with Crippen LogP contribution in [-0.4, -0.2) is 33.6 Å². The van der Waals surface area contributed by atoms with E-state index >= 15 is 0 Å². The molecule has 28 heavy (non-hydrogen) atoms. The number of carbonyl (C=O) groups excluding carboxylic acids is 1. The number of ether oxygens (including phenoxy) is 1. The summed E-state index contributed by atoms with van der Waals surface area (Å²) in [5, 5.41) is 0. The van der Waals surface area contributed by atoms with E-state index in [1.54, 1.807) is 0 Å². The number of hydrogen-bond acceptors (Lipinski definition) is 3. The Bertz CT molecular complexity index is 941. The maximum Gasteiger partial charge on any atom is 0.410 e. The van der Waals surface area contributed by atoms with Gasteiger partial charge in [0.1, 0.15) is 12.4 Å². The first-order valence-corrected chi connectivity index (χ1v) is 10.2. The quantitative estimate of drug-likeness (QED) is 0.579. The number of halogens is 1. The van der Waals surface area contributed by atoms with E-state index in [-0.39, 0.29) is 6.09 Å². The molecule has 1 fully saturated rings. The van der Waals surface area contributed by atoms with Crippen molar-refractivity contribution in [3.8, 4) is 0 Å². The van der Waals surface area contributed by atoms with Gasteiger partial charge in [-0.2, -0.15) is 0 Å². The number of fused-ring (bicyclic) bond motifs is 1. The number of likely N-dealkylation sites (tertiary alicyclic amines) is 1. The Labute approximate surface area is 169 Å². The number of para-hydroxylation sites is 2. The Morgan fingerprint density at radius 1 is 1.14 bits per heavy atom. The third-order valence-corrected chi connectivity index (χ3v) is 5.52. The summed E-state index contributed by atoms with van der Waals surface area (Å²) >= 11 is 6.13. The van der Waals surface area contributed by atoms with Gasteiger partial charge in [-0.15, -0.1) is 11.6 Å². The van der Waals surface area contributed by atoms with Gasteiger partial charge < -0.3 is 14.2 Å². The maximum atomic E-state index is 12.5. The van der Waals surface area contributed by atoms with Crippen LogP contribution in [0.1, 0.15) is 24.2 Å². The smallest absolute Gasteiger partial charge is 0.410 e. The summed E-state index contributed by atoms with van der Waals surface area (Å²) in [6.07, 6.45) is 1.83. The Balaban J connectivity index is 1.41. The van der Waals surface area contributed by atoms with Gasteiger partial charge in [0, 0.05) is 19.6 Å². The zero-order valence-corrected chi connectivity index (χ0v) is 16.5. The molecule has 0 radical (unpaired) electrons. The minimum absolute atomic E-state index is 0.235. The molecule has 1 aromatic heterocycles. The van der Waals surface area contributed by atoms with Crippen LogP contribution in [0.5, 0.6) is 0 Å². The van der Waals surface area contributed by atoms with Gasteiger partial charge in [0.25, 0.3) is 0 Å². The van der Waals surface area contributed by atoms with Gasteiger partial charge in [0.15, 0.2) is 0 Å². The number of piperidine rings is 1. The van der Waals surface area contributed by atoms with Crippen molar-refractivity contribution >= 4 is 28.7 Å². The fourth-order valence-corrected chi connectivity index (χ4v) is 4.08. The first kappa shape index (κ1) is 18.8. The predicted octanol–water partition coefficient (Wildman–Crippen LogP) is 4.82. The third-order valence-electron chi connectivity index (χ3n) is 5.28. The van der Waals surface area contributed by atoms with Crippen molar-refractivity contribution in [3.05, 3.63) is 66.0 Å². The molecular weight excluding hydrogens is 374 g/mol. The molecule has 6 heteroatoms. The first-order valence-electron chi connectivity index (χ1n) is 9.70. The van der Waals surface area contributed by atoms with Gasteiger partial charge in [0.2, 0.25) is 0 Å². The lowest BCUT2D eigenvalue weighted by Gasteiger charge is -2.32. The number of imidazole rings is 1. The van der Waals surface area contributed by atoms with Gasteiger partial charge in [-0.1, -0.05) is 42.5 Å². The molecule has 2 aromatic carbocycles. The van der Waals surface area contributed by atoms with E-state index in [4.69, 9.17) is 16.3 Å². The van der Waals surface area contributed by atoms with Crippen molar-refractivity contribution in [2.75, 3.05) is 13.1 Å². The van der Waals surface area contributed by atoms with Crippen molar-refractivity contribution in [1.29, 1.82) is 0 Å². The van der Waals surface area contributed by atoms with Crippen LogP contribution in [0.25, 0.3) is 11.0 Å². The number of rotatable bonds is 5. The van der Waals surface area contributed by atoms with Crippen LogP contribution >= 0.6 is 11.6 Å². The Morgan fingerprint density at radius 3 is 2.75 bits per heavy atom. The largest absolute Gasteiger partial charge is 0.445 e. The molecule has 3 aromatic rings.